The number of anilines is 1. The summed E-state index contributed by atoms with van der Waals surface area (Å²) in [6.45, 7) is 4.72. The van der Waals surface area contributed by atoms with Gasteiger partial charge in [0.25, 0.3) is 5.91 Å². The van der Waals surface area contributed by atoms with E-state index in [1.165, 1.54) is 16.9 Å². The van der Waals surface area contributed by atoms with Gasteiger partial charge < -0.3 is 10.1 Å². The van der Waals surface area contributed by atoms with Crippen molar-refractivity contribution in [1.29, 1.82) is 0 Å². The summed E-state index contributed by atoms with van der Waals surface area (Å²) in [5.74, 6) is -0.197. The number of sulfonamides is 1. The van der Waals surface area contributed by atoms with Crippen LogP contribution in [0.5, 0.6) is 0 Å². The number of morpholine rings is 1. The summed E-state index contributed by atoms with van der Waals surface area (Å²) in [6.07, 6.45) is 1.14. The number of carbonyl (C=O) groups is 1. The van der Waals surface area contributed by atoms with Gasteiger partial charge in [-0.05, 0) is 35.4 Å². The highest BCUT2D eigenvalue weighted by Gasteiger charge is 2.13. The molecule has 1 heterocycles. The molecule has 2 aromatic carbocycles. The Morgan fingerprint density at radius 2 is 1.76 bits per heavy atom. The summed E-state index contributed by atoms with van der Waals surface area (Å²) in [6, 6.07) is 14.7. The molecule has 0 aliphatic carbocycles. The van der Waals surface area contributed by atoms with E-state index < -0.39 is 10.0 Å². The van der Waals surface area contributed by atoms with E-state index in [0.717, 1.165) is 44.7 Å². The molecule has 1 saturated heterocycles. The number of hydrogen-bond acceptors (Lipinski definition) is 5. The molecule has 0 bridgehead atoms. The Hall–Kier alpha value is -2.42. The second kappa shape index (κ2) is 9.39. The molecule has 1 amide bonds. The quantitative estimate of drug-likeness (QED) is 0.744. The molecule has 0 atom stereocenters. The van der Waals surface area contributed by atoms with Crippen molar-refractivity contribution in [2.24, 2.45) is 0 Å². The van der Waals surface area contributed by atoms with Crippen molar-refractivity contribution in [3.05, 3.63) is 65.2 Å². The van der Waals surface area contributed by atoms with Gasteiger partial charge in [0.05, 0.1) is 25.2 Å². The van der Waals surface area contributed by atoms with Crippen LogP contribution in [-0.4, -0.2) is 58.8 Å². The van der Waals surface area contributed by atoms with Gasteiger partial charge in [-0.3, -0.25) is 14.0 Å². The molecule has 7 nitrogen and oxygen atoms in total. The van der Waals surface area contributed by atoms with Crippen LogP contribution in [0, 0.1) is 0 Å². The fourth-order valence-electron chi connectivity index (χ4n) is 3.15. The molecule has 1 fully saturated rings. The lowest BCUT2D eigenvalue weighted by Crippen LogP contribution is -2.35. The van der Waals surface area contributed by atoms with Gasteiger partial charge in [0, 0.05) is 38.8 Å². The average molecular weight is 418 g/mol. The molecule has 2 aromatic rings. The Bertz CT molecular complexity index is 939. The standard InChI is InChI=1S/C21H27N3O4S/c1-23(29(2,26)27)20-8-6-19(7-9-20)21(25)22-15-17-4-3-5-18(14-17)16-24-10-12-28-13-11-24/h3-9,14H,10-13,15-16H2,1-2H3,(H,22,25). The zero-order valence-corrected chi connectivity index (χ0v) is 17.6. The lowest BCUT2D eigenvalue weighted by Gasteiger charge is -2.26. The predicted molar refractivity (Wildman–Crippen MR) is 113 cm³/mol. The van der Waals surface area contributed by atoms with Crippen molar-refractivity contribution in [3.8, 4) is 0 Å². The van der Waals surface area contributed by atoms with Crippen LogP contribution >= 0.6 is 0 Å². The minimum Gasteiger partial charge on any atom is -0.379 e. The van der Waals surface area contributed by atoms with Crippen LogP contribution in [0.15, 0.2) is 48.5 Å². The molecule has 1 N–H and O–H groups in total. The normalized spacial score (nSPS) is 15.1. The zero-order valence-electron chi connectivity index (χ0n) is 16.8. The van der Waals surface area contributed by atoms with Gasteiger partial charge in [-0.1, -0.05) is 24.3 Å². The first kappa shape index (κ1) is 21.3. The van der Waals surface area contributed by atoms with E-state index in [9.17, 15) is 13.2 Å². The topological polar surface area (TPSA) is 79.0 Å². The fraction of sp³-hybridized carbons (Fsp3) is 0.381. The second-order valence-corrected chi connectivity index (χ2v) is 9.18. The second-order valence-electron chi connectivity index (χ2n) is 7.17. The highest BCUT2D eigenvalue weighted by molar-refractivity contribution is 7.92. The summed E-state index contributed by atoms with van der Waals surface area (Å²) in [5.41, 5.74) is 3.25. The smallest absolute Gasteiger partial charge is 0.251 e. The first-order valence-electron chi connectivity index (χ1n) is 9.53. The van der Waals surface area contributed by atoms with Crippen LogP contribution in [0.3, 0.4) is 0 Å². The third-order valence-corrected chi connectivity index (χ3v) is 6.15. The molecule has 0 aromatic heterocycles. The molecular weight excluding hydrogens is 390 g/mol. The van der Waals surface area contributed by atoms with Crippen molar-refractivity contribution in [3.63, 3.8) is 0 Å². The van der Waals surface area contributed by atoms with E-state index in [1.54, 1.807) is 24.3 Å². The van der Waals surface area contributed by atoms with Gasteiger partial charge in [-0.25, -0.2) is 8.42 Å². The molecule has 0 saturated carbocycles. The Morgan fingerprint density at radius 3 is 2.41 bits per heavy atom. The van der Waals surface area contributed by atoms with E-state index in [2.05, 4.69) is 22.3 Å². The summed E-state index contributed by atoms with van der Waals surface area (Å²) < 4.78 is 29.8. The van der Waals surface area contributed by atoms with Gasteiger partial charge in [0.1, 0.15) is 0 Å². The SMILES string of the molecule is CN(c1ccc(C(=O)NCc2cccc(CN3CCOCC3)c2)cc1)S(C)(=O)=O. The molecule has 1 aliphatic rings. The third-order valence-electron chi connectivity index (χ3n) is 4.94. The maximum atomic E-state index is 12.4. The monoisotopic (exact) mass is 417 g/mol. The lowest BCUT2D eigenvalue weighted by atomic mass is 10.1. The van der Waals surface area contributed by atoms with Gasteiger partial charge in [-0.2, -0.15) is 0 Å². The third kappa shape index (κ3) is 6.03. The number of carbonyl (C=O) groups excluding carboxylic acids is 1. The van der Waals surface area contributed by atoms with Crippen molar-refractivity contribution < 1.29 is 17.9 Å². The molecule has 0 radical (unpaired) electrons. The van der Waals surface area contributed by atoms with Gasteiger partial charge in [-0.15, -0.1) is 0 Å². The minimum absolute atomic E-state index is 0.197. The van der Waals surface area contributed by atoms with Crippen LogP contribution in [0.4, 0.5) is 5.69 Å². The predicted octanol–water partition coefficient (Wildman–Crippen LogP) is 1.84. The summed E-state index contributed by atoms with van der Waals surface area (Å²) >= 11 is 0. The summed E-state index contributed by atoms with van der Waals surface area (Å²) in [5, 5.41) is 2.92. The van der Waals surface area contributed by atoms with Crippen LogP contribution in [0.2, 0.25) is 0 Å². The van der Waals surface area contributed by atoms with E-state index in [1.807, 2.05) is 12.1 Å². The number of rotatable bonds is 7. The van der Waals surface area contributed by atoms with Crippen LogP contribution in [0.25, 0.3) is 0 Å². The molecule has 156 valence electrons. The maximum absolute atomic E-state index is 12.4. The number of hydrogen-bond donors (Lipinski definition) is 1. The molecular formula is C21H27N3O4S. The van der Waals surface area contributed by atoms with Crippen molar-refractivity contribution >= 4 is 21.6 Å². The van der Waals surface area contributed by atoms with E-state index >= 15 is 0 Å². The number of ether oxygens (including phenoxy) is 1. The number of amides is 1. The molecule has 3 rings (SSSR count). The van der Waals surface area contributed by atoms with Gasteiger partial charge in [0.2, 0.25) is 10.0 Å². The van der Waals surface area contributed by atoms with Crippen molar-refractivity contribution in [2.45, 2.75) is 13.1 Å². The van der Waals surface area contributed by atoms with Crippen LogP contribution in [-0.2, 0) is 27.8 Å². The molecule has 8 heteroatoms. The van der Waals surface area contributed by atoms with Crippen molar-refractivity contribution in [1.82, 2.24) is 10.2 Å². The van der Waals surface area contributed by atoms with E-state index in [4.69, 9.17) is 4.74 Å². The minimum atomic E-state index is -3.33. The Balaban J connectivity index is 1.57. The number of nitrogens with zero attached hydrogens (tertiary/aromatic N) is 2. The first-order valence-corrected chi connectivity index (χ1v) is 11.4. The molecule has 29 heavy (non-hydrogen) atoms. The largest absolute Gasteiger partial charge is 0.379 e. The Morgan fingerprint density at radius 1 is 1.10 bits per heavy atom. The van der Waals surface area contributed by atoms with E-state index in [-0.39, 0.29) is 5.91 Å². The van der Waals surface area contributed by atoms with Gasteiger partial charge in [0.15, 0.2) is 0 Å². The fourth-order valence-corrected chi connectivity index (χ4v) is 3.66. The lowest BCUT2D eigenvalue weighted by molar-refractivity contribution is 0.0342. The number of benzene rings is 2. The Labute approximate surface area is 172 Å². The number of nitrogens with one attached hydrogen (secondary N) is 1. The zero-order chi connectivity index (χ0) is 20.9. The maximum Gasteiger partial charge on any atom is 0.251 e. The van der Waals surface area contributed by atoms with Gasteiger partial charge >= 0.3 is 0 Å². The average Bonchev–Trinajstić information content (AvgIpc) is 2.72. The first-order chi connectivity index (χ1) is 13.8. The molecule has 0 unspecified atom stereocenters. The highest BCUT2D eigenvalue weighted by atomic mass is 32.2. The van der Waals surface area contributed by atoms with Crippen LogP contribution in [0.1, 0.15) is 21.5 Å². The Kier molecular flexibility index (Phi) is 6.89. The molecule has 0 spiro atoms. The molecule has 1 aliphatic heterocycles. The van der Waals surface area contributed by atoms with E-state index in [0.29, 0.717) is 17.8 Å². The summed E-state index contributed by atoms with van der Waals surface area (Å²) in [7, 11) is -1.85. The van der Waals surface area contributed by atoms with Crippen molar-refractivity contribution in [2.75, 3.05) is 43.9 Å². The summed E-state index contributed by atoms with van der Waals surface area (Å²) in [4.78, 5) is 14.8. The highest BCUT2D eigenvalue weighted by Crippen LogP contribution is 2.16. The van der Waals surface area contributed by atoms with Crippen LogP contribution < -0.4 is 9.62 Å².